The van der Waals surface area contributed by atoms with E-state index >= 15 is 0 Å². The van der Waals surface area contributed by atoms with Crippen LogP contribution in [0, 0.1) is 11.3 Å². The number of rotatable bonds is 0. The Bertz CT molecular complexity index is 101. The quantitative estimate of drug-likeness (QED) is 0.326. The molecule has 0 fully saturated rings. The Balaban J connectivity index is 3.72. The highest BCUT2D eigenvalue weighted by Gasteiger charge is 2.02. The van der Waals surface area contributed by atoms with Crippen LogP contribution in [0.5, 0.6) is 0 Å². The third-order valence-electron chi connectivity index (χ3n) is 0.422. The normalized spacial score (nSPS) is 9.57. The molecule has 0 radical (unpaired) electrons. The van der Waals surface area contributed by atoms with Crippen molar-refractivity contribution in [3.63, 3.8) is 0 Å². The zero-order chi connectivity index (χ0) is 5.91. The lowest BCUT2D eigenvalue weighted by molar-refractivity contribution is 0.896. The van der Waals surface area contributed by atoms with Crippen molar-refractivity contribution >= 4 is 19.4 Å². The van der Waals surface area contributed by atoms with E-state index in [2.05, 4.69) is 11.3 Å². The molecule has 0 spiro atoms. The summed E-state index contributed by atoms with van der Waals surface area (Å²) in [5.41, 5.74) is 0. The molecule has 0 atom stereocenters. The molecule has 0 aliphatic carbocycles. The van der Waals surface area contributed by atoms with Crippen LogP contribution in [-0.4, -0.2) is 7.85 Å². The van der Waals surface area contributed by atoms with Gasteiger partial charge in [-0.3, -0.25) is 0 Å². The second kappa shape index (κ2) is 2.28. The average molecular weight is 114 g/mol. The molecule has 7 heavy (non-hydrogen) atoms. The fourth-order valence-corrected chi connectivity index (χ4v) is 0.425. The van der Waals surface area contributed by atoms with Gasteiger partial charge < -0.3 is 0 Å². The summed E-state index contributed by atoms with van der Waals surface area (Å²) >= 11 is 5.13. The van der Waals surface area contributed by atoms with Gasteiger partial charge in [-0.05, 0) is 16.9 Å². The van der Waals surface area contributed by atoms with Gasteiger partial charge in [-0.25, -0.2) is 0 Å². The summed E-state index contributed by atoms with van der Waals surface area (Å²) in [6, 6.07) is 0. The minimum atomic E-state index is 0.0573. The summed E-state index contributed by atoms with van der Waals surface area (Å²) < 4.78 is 0. The van der Waals surface area contributed by atoms with Crippen molar-refractivity contribution in [1.82, 2.24) is 0 Å². The largest absolute Gasteiger partial charge is 0.124 e. The monoisotopic (exact) mass is 114 g/mol. The van der Waals surface area contributed by atoms with E-state index in [1.165, 1.54) is 0 Å². The predicted molar refractivity (Wildman–Crippen MR) is 36.2 cm³/mol. The van der Waals surface area contributed by atoms with Crippen LogP contribution >= 0.6 is 11.6 Å². The molecule has 2 heteroatoms. The molecule has 0 bridgehead atoms. The van der Waals surface area contributed by atoms with Gasteiger partial charge in [-0.15, -0.1) is 0 Å². The van der Waals surface area contributed by atoms with E-state index in [4.69, 9.17) is 11.6 Å². The first-order valence-corrected chi connectivity index (χ1v) is 2.57. The van der Waals surface area contributed by atoms with E-state index in [1.807, 2.05) is 21.7 Å². The molecule has 38 valence electrons. The van der Waals surface area contributed by atoms with Gasteiger partial charge in [0.25, 0.3) is 0 Å². The van der Waals surface area contributed by atoms with Crippen LogP contribution in [0.25, 0.3) is 0 Å². The molecular formula is C5H8BCl. The van der Waals surface area contributed by atoms with Crippen LogP contribution in [-0.2, 0) is 0 Å². The Morgan fingerprint density at radius 2 is 2.00 bits per heavy atom. The maximum atomic E-state index is 5.13. The van der Waals surface area contributed by atoms with Gasteiger partial charge in [0, 0.05) is 5.38 Å². The molecule has 0 aliphatic rings. The third kappa shape index (κ3) is 5.91. The van der Waals surface area contributed by atoms with Crippen molar-refractivity contribution in [2.75, 3.05) is 0 Å². The summed E-state index contributed by atoms with van der Waals surface area (Å²) in [6.45, 7) is 4.03. The fraction of sp³-hybridized carbons (Fsp3) is 0.600. The summed E-state index contributed by atoms with van der Waals surface area (Å²) in [5.74, 6) is 2.80. The van der Waals surface area contributed by atoms with Crippen molar-refractivity contribution < 1.29 is 0 Å². The molecule has 0 aromatic heterocycles. The minimum absolute atomic E-state index is 0.0573. The standard InChI is InChI=1S/C5H8BCl/c1-5(2,6)3-4-7/h6H2,1-2H3. The zero-order valence-corrected chi connectivity index (χ0v) is 5.63. The van der Waals surface area contributed by atoms with Crippen molar-refractivity contribution in [2.45, 2.75) is 19.2 Å². The van der Waals surface area contributed by atoms with Crippen molar-refractivity contribution in [2.24, 2.45) is 0 Å². The molecule has 0 aromatic rings. The van der Waals surface area contributed by atoms with Crippen molar-refractivity contribution in [3.8, 4) is 11.3 Å². The molecule has 0 heterocycles. The highest BCUT2D eigenvalue weighted by molar-refractivity contribution is 6.31. The summed E-state index contributed by atoms with van der Waals surface area (Å²) in [4.78, 5) is 0. The molecule has 0 unspecified atom stereocenters. The van der Waals surface area contributed by atoms with Gasteiger partial charge in [0.15, 0.2) is 0 Å². The average Bonchev–Trinajstić information content (AvgIpc) is 1.30. The first kappa shape index (κ1) is 6.91. The highest BCUT2D eigenvalue weighted by Crippen LogP contribution is 2.14. The first-order chi connectivity index (χ1) is 3.06. The molecule has 0 N–H and O–H groups in total. The van der Waals surface area contributed by atoms with Crippen LogP contribution in [0.3, 0.4) is 0 Å². The Morgan fingerprint density at radius 1 is 1.57 bits per heavy atom. The molecule has 0 aliphatic heterocycles. The molecule has 0 rings (SSSR count). The smallest absolute Gasteiger partial charge is 0.0887 e. The number of halogens is 1. The summed E-state index contributed by atoms with van der Waals surface area (Å²) in [5, 5.41) is 2.39. The van der Waals surface area contributed by atoms with Crippen LogP contribution < -0.4 is 0 Å². The molecule has 0 saturated heterocycles. The van der Waals surface area contributed by atoms with Crippen LogP contribution in [0.4, 0.5) is 0 Å². The zero-order valence-electron chi connectivity index (χ0n) is 4.88. The minimum Gasteiger partial charge on any atom is -0.0887 e. The second-order valence-electron chi connectivity index (χ2n) is 2.47. The fourth-order valence-electron chi connectivity index (χ4n) is 0.142. The van der Waals surface area contributed by atoms with Crippen molar-refractivity contribution in [1.29, 1.82) is 0 Å². The van der Waals surface area contributed by atoms with Crippen LogP contribution in [0.2, 0.25) is 5.31 Å². The van der Waals surface area contributed by atoms with E-state index in [-0.39, 0.29) is 5.31 Å². The Hall–Kier alpha value is -0.0851. The maximum absolute atomic E-state index is 5.13. The van der Waals surface area contributed by atoms with E-state index in [1.54, 1.807) is 0 Å². The Kier molecular flexibility index (Phi) is 2.25. The summed E-state index contributed by atoms with van der Waals surface area (Å²) in [6.07, 6.45) is 0. The van der Waals surface area contributed by atoms with E-state index in [0.29, 0.717) is 0 Å². The Labute approximate surface area is 50.7 Å². The van der Waals surface area contributed by atoms with E-state index in [9.17, 15) is 0 Å². The van der Waals surface area contributed by atoms with Gasteiger partial charge in [-0.2, -0.15) is 0 Å². The Morgan fingerprint density at radius 3 is 2.00 bits per heavy atom. The number of hydrogen-bond acceptors (Lipinski definition) is 0. The lowest BCUT2D eigenvalue weighted by Crippen LogP contribution is -1.95. The van der Waals surface area contributed by atoms with Gasteiger partial charge in [0.05, 0.1) is 0 Å². The highest BCUT2D eigenvalue weighted by atomic mass is 35.5. The predicted octanol–water partition coefficient (Wildman–Crippen LogP) is 1.02. The molecule has 0 nitrogen and oxygen atoms in total. The van der Waals surface area contributed by atoms with Crippen molar-refractivity contribution in [3.05, 3.63) is 0 Å². The van der Waals surface area contributed by atoms with E-state index < -0.39 is 0 Å². The summed E-state index contributed by atoms with van der Waals surface area (Å²) in [7, 11) is 2.02. The SMILES string of the molecule is BC(C)(C)C#CCl. The first-order valence-electron chi connectivity index (χ1n) is 2.19. The second-order valence-corrected chi connectivity index (χ2v) is 2.66. The van der Waals surface area contributed by atoms with Gasteiger partial charge >= 0.3 is 0 Å². The van der Waals surface area contributed by atoms with Gasteiger partial charge in [0.2, 0.25) is 0 Å². The molecular weight excluding hydrogens is 106 g/mol. The molecule has 0 aromatic carbocycles. The molecule has 0 amide bonds. The third-order valence-corrected chi connectivity index (χ3v) is 0.517. The maximum Gasteiger partial charge on any atom is 0.124 e. The van der Waals surface area contributed by atoms with Crippen LogP contribution in [0.1, 0.15) is 13.8 Å². The van der Waals surface area contributed by atoms with E-state index in [0.717, 1.165) is 0 Å². The van der Waals surface area contributed by atoms with Crippen LogP contribution in [0.15, 0.2) is 0 Å². The van der Waals surface area contributed by atoms with Gasteiger partial charge in [0.1, 0.15) is 7.85 Å². The lowest BCUT2D eigenvalue weighted by atomic mass is 9.74. The topological polar surface area (TPSA) is 0 Å². The molecule has 0 saturated carbocycles. The lowest BCUT2D eigenvalue weighted by Gasteiger charge is -2.04. The number of hydrogen-bond donors (Lipinski definition) is 0. The van der Waals surface area contributed by atoms with Gasteiger partial charge in [-0.1, -0.05) is 19.8 Å².